The Kier molecular flexibility index (Phi) is 6.04. The minimum absolute atomic E-state index is 0.185. The van der Waals surface area contributed by atoms with E-state index in [0.29, 0.717) is 0 Å². The number of rotatable bonds is 4. The third-order valence-corrected chi connectivity index (χ3v) is 5.86. The van der Waals surface area contributed by atoms with Gasteiger partial charge in [0.05, 0.1) is 11.1 Å². The second-order valence-corrected chi connectivity index (χ2v) is 7.18. The summed E-state index contributed by atoms with van der Waals surface area (Å²) >= 11 is 0. The molecule has 0 heterocycles. The van der Waals surface area contributed by atoms with E-state index in [1.54, 1.807) is 0 Å². The molecule has 2 saturated carbocycles. The van der Waals surface area contributed by atoms with Crippen LogP contribution in [0.5, 0.6) is 0 Å². The van der Waals surface area contributed by atoms with Crippen LogP contribution in [0.4, 0.5) is 0 Å². The van der Waals surface area contributed by atoms with Gasteiger partial charge < -0.3 is 0 Å². The third kappa shape index (κ3) is 4.05. The minimum atomic E-state index is 0.185. The standard InChI is InChI=1S/C18H34N2/c1-3-17(13-9-5-6-10-14-17)19-20-18(4-2)15-11-7-8-12-16-18/h3-16H2,1-2H3. The van der Waals surface area contributed by atoms with Crippen LogP contribution >= 0.6 is 0 Å². The molecular formula is C18H34N2. The molecule has 2 aliphatic rings. The quantitative estimate of drug-likeness (QED) is 0.417. The molecule has 2 nitrogen and oxygen atoms in total. The van der Waals surface area contributed by atoms with Gasteiger partial charge in [-0.3, -0.25) is 0 Å². The van der Waals surface area contributed by atoms with Gasteiger partial charge in [0, 0.05) is 0 Å². The average Bonchev–Trinajstić information content (AvgIpc) is 2.87. The SMILES string of the molecule is CCC1(N=NC2(CC)CCCCCC2)CCCCCC1. The number of nitrogens with zero attached hydrogens (tertiary/aromatic N) is 2. The summed E-state index contributed by atoms with van der Waals surface area (Å²) in [5, 5.41) is 10.1. The first-order valence-electron chi connectivity index (χ1n) is 9.18. The van der Waals surface area contributed by atoms with Gasteiger partial charge in [0.1, 0.15) is 0 Å². The van der Waals surface area contributed by atoms with E-state index in [2.05, 4.69) is 13.8 Å². The molecule has 0 spiro atoms. The molecule has 2 heteroatoms. The van der Waals surface area contributed by atoms with E-state index >= 15 is 0 Å². The highest BCUT2D eigenvalue weighted by molar-refractivity contribution is 4.92. The van der Waals surface area contributed by atoms with Crippen LogP contribution in [0.1, 0.15) is 104 Å². The molecule has 0 saturated heterocycles. The van der Waals surface area contributed by atoms with Crippen molar-refractivity contribution in [3.8, 4) is 0 Å². The van der Waals surface area contributed by atoms with Crippen molar-refractivity contribution in [1.29, 1.82) is 0 Å². The van der Waals surface area contributed by atoms with Gasteiger partial charge in [0.15, 0.2) is 0 Å². The topological polar surface area (TPSA) is 24.7 Å². The highest BCUT2D eigenvalue weighted by Gasteiger charge is 2.33. The summed E-state index contributed by atoms with van der Waals surface area (Å²) in [6.07, 6.45) is 18.4. The molecule has 2 fully saturated rings. The van der Waals surface area contributed by atoms with Crippen molar-refractivity contribution in [3.05, 3.63) is 0 Å². The van der Waals surface area contributed by atoms with Gasteiger partial charge in [-0.25, -0.2) is 0 Å². The molecule has 0 amide bonds. The maximum absolute atomic E-state index is 5.03. The van der Waals surface area contributed by atoms with Crippen LogP contribution in [0, 0.1) is 0 Å². The first kappa shape index (κ1) is 16.0. The van der Waals surface area contributed by atoms with E-state index in [0.717, 1.165) is 0 Å². The number of hydrogen-bond donors (Lipinski definition) is 0. The van der Waals surface area contributed by atoms with E-state index in [-0.39, 0.29) is 11.1 Å². The second kappa shape index (κ2) is 7.56. The van der Waals surface area contributed by atoms with Crippen LogP contribution in [-0.4, -0.2) is 11.1 Å². The predicted molar refractivity (Wildman–Crippen MR) is 86.3 cm³/mol. The van der Waals surface area contributed by atoms with Crippen molar-refractivity contribution in [1.82, 2.24) is 0 Å². The van der Waals surface area contributed by atoms with Gasteiger partial charge in [0.25, 0.3) is 0 Å². The van der Waals surface area contributed by atoms with Gasteiger partial charge in [-0.2, -0.15) is 10.2 Å². The van der Waals surface area contributed by atoms with Crippen LogP contribution in [0.25, 0.3) is 0 Å². The number of azo groups is 1. The molecule has 0 radical (unpaired) electrons. The van der Waals surface area contributed by atoms with Gasteiger partial charge in [-0.15, -0.1) is 0 Å². The Bertz CT molecular complexity index is 263. The van der Waals surface area contributed by atoms with Gasteiger partial charge in [-0.05, 0) is 38.5 Å². The molecule has 0 aromatic carbocycles. The third-order valence-electron chi connectivity index (χ3n) is 5.86. The fourth-order valence-electron chi connectivity index (χ4n) is 4.03. The molecule has 20 heavy (non-hydrogen) atoms. The zero-order valence-electron chi connectivity index (χ0n) is 13.8. The molecule has 0 unspecified atom stereocenters. The Morgan fingerprint density at radius 2 is 0.850 bits per heavy atom. The first-order valence-corrected chi connectivity index (χ1v) is 9.18. The monoisotopic (exact) mass is 278 g/mol. The zero-order valence-corrected chi connectivity index (χ0v) is 13.8. The molecular weight excluding hydrogens is 244 g/mol. The lowest BCUT2D eigenvalue weighted by molar-refractivity contribution is 0.287. The van der Waals surface area contributed by atoms with Gasteiger partial charge >= 0.3 is 0 Å². The Balaban J connectivity index is 2.10. The van der Waals surface area contributed by atoms with Crippen molar-refractivity contribution < 1.29 is 0 Å². The first-order chi connectivity index (χ1) is 9.74. The van der Waals surface area contributed by atoms with E-state index in [1.165, 1.54) is 89.9 Å². The Labute approximate surface area is 125 Å². The lowest BCUT2D eigenvalue weighted by Gasteiger charge is -2.30. The Hall–Kier alpha value is -0.400. The smallest absolute Gasteiger partial charge is 0.0813 e. The van der Waals surface area contributed by atoms with Crippen LogP contribution in [-0.2, 0) is 0 Å². The molecule has 0 bridgehead atoms. The molecule has 0 atom stereocenters. The van der Waals surface area contributed by atoms with Crippen LogP contribution in [0.2, 0.25) is 0 Å². The lowest BCUT2D eigenvalue weighted by atomic mass is 9.87. The highest BCUT2D eigenvalue weighted by Crippen LogP contribution is 2.38. The van der Waals surface area contributed by atoms with Crippen molar-refractivity contribution in [2.45, 2.75) is 115 Å². The Morgan fingerprint density at radius 1 is 0.550 bits per heavy atom. The molecule has 2 rings (SSSR count). The lowest BCUT2D eigenvalue weighted by Crippen LogP contribution is -2.29. The number of hydrogen-bond acceptors (Lipinski definition) is 2. The van der Waals surface area contributed by atoms with Crippen molar-refractivity contribution in [3.63, 3.8) is 0 Å². The summed E-state index contributed by atoms with van der Waals surface area (Å²) in [5.74, 6) is 0. The Morgan fingerprint density at radius 3 is 1.10 bits per heavy atom. The molecule has 0 aromatic rings. The summed E-state index contributed by atoms with van der Waals surface area (Å²) in [6.45, 7) is 4.63. The fourth-order valence-corrected chi connectivity index (χ4v) is 4.03. The molecule has 0 N–H and O–H groups in total. The fraction of sp³-hybridized carbons (Fsp3) is 1.00. The summed E-state index contributed by atoms with van der Waals surface area (Å²) in [7, 11) is 0. The van der Waals surface area contributed by atoms with E-state index in [4.69, 9.17) is 10.2 Å². The molecule has 2 aliphatic carbocycles. The predicted octanol–water partition coefficient (Wildman–Crippen LogP) is 6.44. The average molecular weight is 278 g/mol. The maximum Gasteiger partial charge on any atom is 0.0813 e. The molecule has 116 valence electrons. The summed E-state index contributed by atoms with van der Waals surface area (Å²) in [5.41, 5.74) is 0.371. The highest BCUT2D eigenvalue weighted by atomic mass is 15.2. The maximum atomic E-state index is 5.03. The normalized spacial score (nSPS) is 27.1. The molecule has 0 aliphatic heterocycles. The second-order valence-electron chi connectivity index (χ2n) is 7.18. The van der Waals surface area contributed by atoms with Crippen molar-refractivity contribution in [2.75, 3.05) is 0 Å². The van der Waals surface area contributed by atoms with Gasteiger partial charge in [-0.1, -0.05) is 65.2 Å². The zero-order chi connectivity index (χ0) is 14.3. The van der Waals surface area contributed by atoms with Crippen molar-refractivity contribution in [2.24, 2.45) is 10.2 Å². The van der Waals surface area contributed by atoms with Crippen LogP contribution in [0.15, 0.2) is 10.2 Å². The van der Waals surface area contributed by atoms with Crippen molar-refractivity contribution >= 4 is 0 Å². The summed E-state index contributed by atoms with van der Waals surface area (Å²) in [4.78, 5) is 0. The minimum Gasteiger partial charge on any atom is -0.187 e. The van der Waals surface area contributed by atoms with E-state index in [9.17, 15) is 0 Å². The summed E-state index contributed by atoms with van der Waals surface area (Å²) in [6, 6.07) is 0. The van der Waals surface area contributed by atoms with Crippen LogP contribution < -0.4 is 0 Å². The largest absolute Gasteiger partial charge is 0.187 e. The molecule has 0 aromatic heterocycles. The van der Waals surface area contributed by atoms with Gasteiger partial charge in [0.2, 0.25) is 0 Å². The van der Waals surface area contributed by atoms with Crippen LogP contribution in [0.3, 0.4) is 0 Å². The summed E-state index contributed by atoms with van der Waals surface area (Å²) < 4.78 is 0. The van der Waals surface area contributed by atoms with E-state index in [1.807, 2.05) is 0 Å². The van der Waals surface area contributed by atoms with E-state index < -0.39 is 0 Å².